The maximum atomic E-state index is 13.8. The predicted molar refractivity (Wildman–Crippen MR) is 117 cm³/mol. The Hall–Kier alpha value is -3.04. The van der Waals surface area contributed by atoms with Crippen molar-refractivity contribution in [3.05, 3.63) is 51.7 Å². The van der Waals surface area contributed by atoms with E-state index in [1.807, 2.05) is 32.0 Å². The fraction of sp³-hybridized carbons (Fsp3) is 0.391. The molecule has 168 valence electrons. The van der Waals surface area contributed by atoms with E-state index in [2.05, 4.69) is 5.32 Å². The van der Waals surface area contributed by atoms with Gasteiger partial charge in [0.1, 0.15) is 5.54 Å². The van der Waals surface area contributed by atoms with Gasteiger partial charge in [0.05, 0.1) is 30.0 Å². The number of thiophene rings is 1. The van der Waals surface area contributed by atoms with Gasteiger partial charge < -0.3 is 10.2 Å². The van der Waals surface area contributed by atoms with Crippen LogP contribution < -0.4 is 10.2 Å². The quantitative estimate of drug-likeness (QED) is 0.547. The number of nitrogens with zero attached hydrogens (tertiary/aromatic N) is 1. The molecule has 4 rings (SSSR count). The molecule has 4 atom stereocenters. The van der Waals surface area contributed by atoms with E-state index in [0.717, 1.165) is 16.0 Å². The molecule has 8 nitrogen and oxygen atoms in total. The third-order valence-electron chi connectivity index (χ3n) is 6.50. The van der Waals surface area contributed by atoms with E-state index in [-0.39, 0.29) is 0 Å². The van der Waals surface area contributed by atoms with E-state index in [1.165, 1.54) is 11.3 Å². The van der Waals surface area contributed by atoms with Crippen molar-refractivity contribution in [3.8, 4) is 0 Å². The molecular formula is C23H24N2O6S. The van der Waals surface area contributed by atoms with Gasteiger partial charge in [-0.1, -0.05) is 38.1 Å². The van der Waals surface area contributed by atoms with Crippen molar-refractivity contribution in [1.29, 1.82) is 0 Å². The summed E-state index contributed by atoms with van der Waals surface area (Å²) in [5, 5.41) is 24.3. The standard InChI is InChI=1S/C23H24N2O6S/c1-3-12-7-5-8-13(4-2)19(12)25-20(28)16-17(21(25)29)23(22(30)31,11-15(26)27)24-18(16)14-9-6-10-32-14/h5-10,16-18,24H,3-4,11H2,1-2H3,(H,26,27)(H,30,31). The highest BCUT2D eigenvalue weighted by Crippen LogP contribution is 2.52. The lowest BCUT2D eigenvalue weighted by Gasteiger charge is -2.30. The molecule has 0 saturated carbocycles. The average molecular weight is 457 g/mol. The van der Waals surface area contributed by atoms with Crippen molar-refractivity contribution in [2.24, 2.45) is 11.8 Å². The Balaban J connectivity index is 1.92. The number of benzene rings is 1. The topological polar surface area (TPSA) is 124 Å². The molecule has 2 aliphatic heterocycles. The van der Waals surface area contributed by atoms with Crippen LogP contribution in [-0.2, 0) is 32.0 Å². The molecular weight excluding hydrogens is 432 g/mol. The summed E-state index contributed by atoms with van der Waals surface area (Å²) in [5.74, 6) is -6.29. The van der Waals surface area contributed by atoms with Crippen molar-refractivity contribution < 1.29 is 29.4 Å². The van der Waals surface area contributed by atoms with Crippen molar-refractivity contribution in [1.82, 2.24) is 5.32 Å². The minimum atomic E-state index is -2.08. The molecule has 4 unspecified atom stereocenters. The Labute approximate surface area is 188 Å². The van der Waals surface area contributed by atoms with E-state index in [1.54, 1.807) is 17.5 Å². The fourth-order valence-corrected chi connectivity index (χ4v) is 5.93. The number of hydrogen-bond acceptors (Lipinski definition) is 6. The first-order valence-corrected chi connectivity index (χ1v) is 11.4. The lowest BCUT2D eigenvalue weighted by molar-refractivity contribution is -0.154. The second-order valence-corrected chi connectivity index (χ2v) is 9.11. The van der Waals surface area contributed by atoms with Gasteiger partial charge >= 0.3 is 11.9 Å². The third kappa shape index (κ3) is 3.15. The molecule has 0 radical (unpaired) electrons. The molecule has 2 aromatic rings. The van der Waals surface area contributed by atoms with Gasteiger partial charge in [0.25, 0.3) is 0 Å². The maximum absolute atomic E-state index is 13.8. The number of anilines is 1. The molecule has 2 amide bonds. The smallest absolute Gasteiger partial charge is 0.325 e. The van der Waals surface area contributed by atoms with E-state index >= 15 is 0 Å². The number of carboxylic acids is 2. The van der Waals surface area contributed by atoms with Gasteiger partial charge in [-0.2, -0.15) is 0 Å². The Morgan fingerprint density at radius 2 is 1.72 bits per heavy atom. The number of rotatable bonds is 7. The molecule has 0 bridgehead atoms. The van der Waals surface area contributed by atoms with E-state index in [9.17, 15) is 29.4 Å². The number of carbonyl (C=O) groups is 4. The molecule has 9 heteroatoms. The first-order chi connectivity index (χ1) is 15.3. The number of fused-ring (bicyclic) bond motifs is 1. The highest BCUT2D eigenvalue weighted by atomic mass is 32.1. The zero-order valence-corrected chi connectivity index (χ0v) is 18.5. The summed E-state index contributed by atoms with van der Waals surface area (Å²) in [7, 11) is 0. The first-order valence-electron chi connectivity index (χ1n) is 10.5. The number of carbonyl (C=O) groups excluding carboxylic acids is 2. The molecule has 3 heterocycles. The average Bonchev–Trinajstić information content (AvgIpc) is 3.45. The molecule has 0 spiro atoms. The summed E-state index contributed by atoms with van der Waals surface area (Å²) < 4.78 is 0. The minimum Gasteiger partial charge on any atom is -0.481 e. The molecule has 2 aliphatic rings. The maximum Gasteiger partial charge on any atom is 0.325 e. The summed E-state index contributed by atoms with van der Waals surface area (Å²) in [6.07, 6.45) is 0.358. The zero-order chi connectivity index (χ0) is 23.2. The van der Waals surface area contributed by atoms with E-state index in [4.69, 9.17) is 0 Å². The molecule has 0 aliphatic carbocycles. The van der Waals surface area contributed by atoms with Gasteiger partial charge in [-0.25, -0.2) is 4.90 Å². The third-order valence-corrected chi connectivity index (χ3v) is 7.46. The number of para-hydroxylation sites is 1. The molecule has 3 N–H and O–H groups in total. The number of amides is 2. The van der Waals surface area contributed by atoms with Crippen molar-refractivity contribution >= 4 is 40.8 Å². The van der Waals surface area contributed by atoms with Crippen molar-refractivity contribution in [3.63, 3.8) is 0 Å². The number of aryl methyl sites for hydroxylation is 2. The fourth-order valence-electron chi connectivity index (χ4n) is 5.11. The Morgan fingerprint density at radius 3 is 2.22 bits per heavy atom. The molecule has 32 heavy (non-hydrogen) atoms. The van der Waals surface area contributed by atoms with Gasteiger partial charge in [-0.3, -0.25) is 24.5 Å². The van der Waals surface area contributed by atoms with Crippen LogP contribution in [0.15, 0.2) is 35.7 Å². The highest BCUT2D eigenvalue weighted by Gasteiger charge is 2.69. The van der Waals surface area contributed by atoms with Crippen LogP contribution in [0.2, 0.25) is 0 Å². The van der Waals surface area contributed by atoms with Crippen LogP contribution in [0.4, 0.5) is 5.69 Å². The Morgan fingerprint density at radius 1 is 1.06 bits per heavy atom. The number of imide groups is 1. The van der Waals surface area contributed by atoms with Gasteiger partial charge in [-0.15, -0.1) is 11.3 Å². The Kier molecular flexibility index (Phi) is 5.64. The molecule has 1 aromatic carbocycles. The van der Waals surface area contributed by atoms with Crippen LogP contribution in [-0.4, -0.2) is 39.5 Å². The summed E-state index contributed by atoms with van der Waals surface area (Å²) in [4.78, 5) is 53.5. The number of hydrogen-bond donors (Lipinski definition) is 3. The Bertz CT molecular complexity index is 1080. The summed E-state index contributed by atoms with van der Waals surface area (Å²) in [6.45, 7) is 3.85. The van der Waals surface area contributed by atoms with Gasteiger partial charge in [0.2, 0.25) is 11.8 Å². The van der Waals surface area contributed by atoms with Gasteiger partial charge in [-0.05, 0) is 35.4 Å². The summed E-state index contributed by atoms with van der Waals surface area (Å²) >= 11 is 1.33. The number of aliphatic carboxylic acids is 2. The van der Waals surface area contributed by atoms with Crippen LogP contribution in [0, 0.1) is 11.8 Å². The molecule has 2 fully saturated rings. The van der Waals surface area contributed by atoms with E-state index in [0.29, 0.717) is 23.4 Å². The second kappa shape index (κ2) is 8.14. The molecule has 1 aromatic heterocycles. The summed E-state index contributed by atoms with van der Waals surface area (Å²) in [5.41, 5.74) is 0.0401. The monoisotopic (exact) mass is 456 g/mol. The lowest BCUT2D eigenvalue weighted by atomic mass is 9.78. The van der Waals surface area contributed by atoms with Gasteiger partial charge in [0, 0.05) is 4.88 Å². The van der Waals surface area contributed by atoms with Crippen LogP contribution >= 0.6 is 11.3 Å². The SMILES string of the molecule is CCc1cccc(CC)c1N1C(=O)C2C(c3cccs3)NC(CC(=O)O)(C(=O)O)C2C1=O. The predicted octanol–water partition coefficient (Wildman–Crippen LogP) is 2.62. The number of nitrogens with one attached hydrogen (secondary N) is 1. The highest BCUT2D eigenvalue weighted by molar-refractivity contribution is 7.10. The normalized spacial score (nSPS) is 27.1. The number of carboxylic acid groups (broad SMARTS) is 2. The van der Waals surface area contributed by atoms with Crippen LogP contribution in [0.3, 0.4) is 0 Å². The summed E-state index contributed by atoms with van der Waals surface area (Å²) in [6, 6.07) is 8.33. The first kappa shape index (κ1) is 22.2. The zero-order valence-electron chi connectivity index (χ0n) is 17.7. The van der Waals surface area contributed by atoms with Crippen LogP contribution in [0.5, 0.6) is 0 Å². The molecule has 2 saturated heterocycles. The largest absolute Gasteiger partial charge is 0.481 e. The van der Waals surface area contributed by atoms with Crippen LogP contribution in [0.25, 0.3) is 0 Å². The van der Waals surface area contributed by atoms with E-state index < -0.39 is 53.6 Å². The van der Waals surface area contributed by atoms with Crippen LogP contribution in [0.1, 0.15) is 42.3 Å². The lowest BCUT2D eigenvalue weighted by Crippen LogP contribution is -2.57. The minimum absolute atomic E-state index is 0.491. The van der Waals surface area contributed by atoms with Crippen molar-refractivity contribution in [2.75, 3.05) is 4.90 Å². The second-order valence-electron chi connectivity index (χ2n) is 8.13. The van der Waals surface area contributed by atoms with Gasteiger partial charge in [0.15, 0.2) is 0 Å². The van der Waals surface area contributed by atoms with Crippen molar-refractivity contribution in [2.45, 2.75) is 44.7 Å².